The molecular formula is C14H20N2O4S. The molecule has 0 atom stereocenters. The smallest absolute Gasteiger partial charge is 0.241 e. The molecule has 7 heteroatoms. The van der Waals surface area contributed by atoms with Gasteiger partial charge in [0.05, 0.1) is 11.3 Å². The van der Waals surface area contributed by atoms with E-state index < -0.39 is 15.6 Å². The van der Waals surface area contributed by atoms with Gasteiger partial charge in [0.15, 0.2) is 0 Å². The van der Waals surface area contributed by atoms with Crippen molar-refractivity contribution in [3.05, 3.63) is 23.8 Å². The Bertz CT molecular complexity index is 668. The summed E-state index contributed by atoms with van der Waals surface area (Å²) < 4.78 is 27.4. The largest absolute Gasteiger partial charge is 0.396 e. The Morgan fingerprint density at radius 3 is 2.67 bits per heavy atom. The Kier molecular flexibility index (Phi) is 4.10. The number of anilines is 1. The van der Waals surface area contributed by atoms with E-state index in [1.54, 1.807) is 27.0 Å². The minimum atomic E-state index is -3.69. The molecule has 0 saturated heterocycles. The van der Waals surface area contributed by atoms with Gasteiger partial charge in [-0.25, -0.2) is 13.1 Å². The van der Waals surface area contributed by atoms with Gasteiger partial charge in [-0.3, -0.25) is 4.79 Å². The average Bonchev–Trinajstić information content (AvgIpc) is 2.63. The molecule has 0 spiro atoms. The van der Waals surface area contributed by atoms with E-state index in [9.17, 15) is 13.2 Å². The molecule has 1 amide bonds. The van der Waals surface area contributed by atoms with Gasteiger partial charge in [0.25, 0.3) is 0 Å². The van der Waals surface area contributed by atoms with Crippen LogP contribution in [-0.2, 0) is 21.2 Å². The zero-order valence-electron chi connectivity index (χ0n) is 12.4. The first-order chi connectivity index (χ1) is 9.66. The summed E-state index contributed by atoms with van der Waals surface area (Å²) in [5.74, 6) is -0.0480. The van der Waals surface area contributed by atoms with Crippen molar-refractivity contribution in [2.24, 2.45) is 0 Å². The maximum absolute atomic E-state index is 12.4. The van der Waals surface area contributed by atoms with Crippen molar-refractivity contribution in [1.29, 1.82) is 0 Å². The Hall–Kier alpha value is -1.44. The molecule has 0 fully saturated rings. The maximum atomic E-state index is 12.4. The van der Waals surface area contributed by atoms with Crippen LogP contribution in [-0.4, -0.2) is 38.6 Å². The van der Waals surface area contributed by atoms with E-state index in [0.29, 0.717) is 12.0 Å². The van der Waals surface area contributed by atoms with Crippen LogP contribution in [0.3, 0.4) is 0 Å². The van der Waals surface area contributed by atoms with Crippen molar-refractivity contribution < 1.29 is 18.3 Å². The first-order valence-corrected chi connectivity index (χ1v) is 8.19. The van der Waals surface area contributed by atoms with Crippen molar-refractivity contribution >= 4 is 21.6 Å². The Labute approximate surface area is 124 Å². The lowest BCUT2D eigenvalue weighted by molar-refractivity contribution is -0.117. The van der Waals surface area contributed by atoms with Crippen molar-refractivity contribution in [1.82, 2.24) is 4.72 Å². The predicted molar refractivity (Wildman–Crippen MR) is 79.7 cm³/mol. The lowest BCUT2D eigenvalue weighted by Crippen LogP contribution is -2.43. The second-order valence-corrected chi connectivity index (χ2v) is 7.57. The molecule has 0 radical (unpaired) electrons. The summed E-state index contributed by atoms with van der Waals surface area (Å²) in [4.78, 5) is 13.3. The van der Waals surface area contributed by atoms with E-state index in [2.05, 4.69) is 4.72 Å². The van der Waals surface area contributed by atoms with Crippen LogP contribution < -0.4 is 9.62 Å². The number of amides is 1. The van der Waals surface area contributed by atoms with E-state index >= 15 is 0 Å². The molecule has 1 aromatic rings. The summed E-state index contributed by atoms with van der Waals surface area (Å²) in [6.07, 6.45) is 0.535. The summed E-state index contributed by atoms with van der Waals surface area (Å²) in [5, 5.41) is 8.98. The highest BCUT2D eigenvalue weighted by atomic mass is 32.2. The fraction of sp³-hybridized carbons (Fsp3) is 0.500. The van der Waals surface area contributed by atoms with Gasteiger partial charge in [-0.1, -0.05) is 0 Å². The van der Waals surface area contributed by atoms with Gasteiger partial charge in [-0.05, 0) is 44.0 Å². The normalized spacial score (nSPS) is 15.4. The third-order valence-electron chi connectivity index (χ3n) is 3.59. The quantitative estimate of drug-likeness (QED) is 0.835. The molecule has 2 rings (SSSR count). The van der Waals surface area contributed by atoms with Gasteiger partial charge in [0, 0.05) is 24.9 Å². The van der Waals surface area contributed by atoms with Crippen molar-refractivity contribution in [3.8, 4) is 0 Å². The Balaban J connectivity index is 2.31. The van der Waals surface area contributed by atoms with E-state index in [-0.39, 0.29) is 23.8 Å². The number of aliphatic hydroxyl groups excluding tert-OH is 1. The molecule has 0 saturated carbocycles. The third-order valence-corrected chi connectivity index (χ3v) is 5.28. The number of nitrogens with zero attached hydrogens (tertiary/aromatic N) is 1. The number of hydrogen-bond acceptors (Lipinski definition) is 4. The molecule has 0 unspecified atom stereocenters. The van der Waals surface area contributed by atoms with Crippen LogP contribution in [0.15, 0.2) is 23.1 Å². The van der Waals surface area contributed by atoms with Crippen LogP contribution in [0.5, 0.6) is 0 Å². The predicted octanol–water partition coefficient (Wildman–Crippen LogP) is 0.645. The van der Waals surface area contributed by atoms with Crippen molar-refractivity contribution in [3.63, 3.8) is 0 Å². The topological polar surface area (TPSA) is 86.7 Å². The second kappa shape index (κ2) is 5.40. The molecule has 21 heavy (non-hydrogen) atoms. The maximum Gasteiger partial charge on any atom is 0.241 e. The molecule has 1 aliphatic heterocycles. The first-order valence-electron chi connectivity index (χ1n) is 6.71. The lowest BCUT2D eigenvalue weighted by atomic mass is 10.0. The van der Waals surface area contributed by atoms with Gasteiger partial charge < -0.3 is 10.0 Å². The summed E-state index contributed by atoms with van der Waals surface area (Å²) >= 11 is 0. The highest BCUT2D eigenvalue weighted by molar-refractivity contribution is 7.89. The van der Waals surface area contributed by atoms with Crippen LogP contribution in [0.2, 0.25) is 0 Å². The van der Waals surface area contributed by atoms with Gasteiger partial charge in [0.2, 0.25) is 15.9 Å². The number of carbonyl (C=O) groups is 1. The zero-order valence-corrected chi connectivity index (χ0v) is 13.2. The first kappa shape index (κ1) is 15.9. The van der Waals surface area contributed by atoms with Crippen LogP contribution in [0.25, 0.3) is 0 Å². The number of rotatable bonds is 5. The minimum Gasteiger partial charge on any atom is -0.396 e. The number of benzene rings is 1. The van der Waals surface area contributed by atoms with Crippen LogP contribution in [0.1, 0.15) is 25.8 Å². The van der Waals surface area contributed by atoms with Crippen LogP contribution >= 0.6 is 0 Å². The summed E-state index contributed by atoms with van der Waals surface area (Å²) in [6, 6.07) is 4.67. The summed E-state index contributed by atoms with van der Waals surface area (Å²) in [6.45, 7) is 3.33. The molecule has 116 valence electrons. The number of fused-ring (bicyclic) bond motifs is 1. The second-order valence-electron chi connectivity index (χ2n) is 5.88. The van der Waals surface area contributed by atoms with Gasteiger partial charge in [0.1, 0.15) is 0 Å². The Morgan fingerprint density at radius 1 is 1.38 bits per heavy atom. The highest BCUT2D eigenvalue weighted by Gasteiger charge is 2.29. The van der Waals surface area contributed by atoms with Crippen molar-refractivity contribution in [2.75, 3.05) is 18.6 Å². The van der Waals surface area contributed by atoms with E-state index in [1.807, 2.05) is 0 Å². The Morgan fingerprint density at radius 2 is 2.05 bits per heavy atom. The fourth-order valence-electron chi connectivity index (χ4n) is 2.37. The molecule has 0 aliphatic carbocycles. The monoisotopic (exact) mass is 312 g/mol. The molecule has 1 aliphatic rings. The van der Waals surface area contributed by atoms with E-state index in [1.165, 1.54) is 17.0 Å². The third kappa shape index (κ3) is 3.25. The minimum absolute atomic E-state index is 0.0480. The van der Waals surface area contributed by atoms with E-state index in [0.717, 1.165) is 5.69 Å². The standard InChI is InChI=1S/C14H20N2O4S/c1-14(2,6-7-17)15-21(19,20)11-4-5-12-10(8-11)9-13(18)16(12)3/h4-5,8,15,17H,6-7,9H2,1-3H3. The average molecular weight is 312 g/mol. The summed E-state index contributed by atoms with van der Waals surface area (Å²) in [5.41, 5.74) is 0.720. The molecule has 0 bridgehead atoms. The molecule has 6 nitrogen and oxygen atoms in total. The molecule has 2 N–H and O–H groups in total. The molecule has 1 heterocycles. The van der Waals surface area contributed by atoms with Crippen LogP contribution in [0.4, 0.5) is 5.69 Å². The summed E-state index contributed by atoms with van der Waals surface area (Å²) in [7, 11) is -2.02. The van der Waals surface area contributed by atoms with Gasteiger partial charge >= 0.3 is 0 Å². The number of nitrogens with one attached hydrogen (secondary N) is 1. The number of sulfonamides is 1. The number of likely N-dealkylation sites (N-methyl/N-ethyl adjacent to an activating group) is 1. The fourth-order valence-corrected chi connectivity index (χ4v) is 3.86. The van der Waals surface area contributed by atoms with E-state index in [4.69, 9.17) is 5.11 Å². The SMILES string of the molecule is CN1C(=O)Cc2cc(S(=O)(=O)NC(C)(C)CCO)ccc21. The van der Waals surface area contributed by atoms with Gasteiger partial charge in [-0.15, -0.1) is 0 Å². The molecular weight excluding hydrogens is 292 g/mol. The number of carbonyl (C=O) groups excluding carboxylic acids is 1. The number of aliphatic hydroxyl groups is 1. The lowest BCUT2D eigenvalue weighted by Gasteiger charge is -2.25. The molecule has 0 aromatic heterocycles. The highest BCUT2D eigenvalue weighted by Crippen LogP contribution is 2.30. The number of hydrogen-bond donors (Lipinski definition) is 2. The van der Waals surface area contributed by atoms with Crippen LogP contribution in [0, 0.1) is 0 Å². The van der Waals surface area contributed by atoms with Gasteiger partial charge in [-0.2, -0.15) is 0 Å². The zero-order chi connectivity index (χ0) is 15.8. The van der Waals surface area contributed by atoms with Crippen molar-refractivity contribution in [2.45, 2.75) is 37.1 Å². The molecule has 1 aromatic carbocycles.